The summed E-state index contributed by atoms with van der Waals surface area (Å²) in [7, 11) is -4.73. The molecule has 5 rings (SSSR count). The lowest BCUT2D eigenvalue weighted by Gasteiger charge is -2.39. The Hall–Kier alpha value is -2.92. The third-order valence-corrected chi connectivity index (χ3v) is 8.63. The van der Waals surface area contributed by atoms with Crippen molar-refractivity contribution in [1.82, 2.24) is 14.2 Å². The van der Waals surface area contributed by atoms with Gasteiger partial charge in [-0.25, -0.2) is 14.3 Å². The van der Waals surface area contributed by atoms with Crippen LogP contribution in [0.15, 0.2) is 41.2 Å². The Morgan fingerprint density at radius 2 is 1.80 bits per heavy atom. The quantitative estimate of drug-likeness (QED) is 0.167. The number of fused-ring (bicyclic) bond motifs is 5. The van der Waals surface area contributed by atoms with Gasteiger partial charge in [-0.1, -0.05) is 25.1 Å². The summed E-state index contributed by atoms with van der Waals surface area (Å²) >= 11 is 0. The zero-order chi connectivity index (χ0) is 28.8. The molecule has 0 saturated carbocycles. The van der Waals surface area contributed by atoms with Gasteiger partial charge in [0, 0.05) is 16.5 Å². The van der Waals surface area contributed by atoms with E-state index in [4.69, 9.17) is 23.7 Å². The zero-order valence-electron chi connectivity index (χ0n) is 23.2. The van der Waals surface area contributed by atoms with E-state index in [1.807, 2.05) is 30.3 Å². The first-order valence-electron chi connectivity index (χ1n) is 13.3. The van der Waals surface area contributed by atoms with E-state index in [1.54, 1.807) is 45.3 Å². The molecule has 4 heterocycles. The molecule has 2 aliphatic rings. The zero-order valence-corrected chi connectivity index (χ0v) is 24.1. The normalized spacial score (nSPS) is 19.6. The molecule has 0 saturated heterocycles. The predicted molar refractivity (Wildman–Crippen MR) is 147 cm³/mol. The fourth-order valence-corrected chi connectivity index (χ4v) is 6.23. The molecule has 1 N–H and O–H groups in total. The van der Waals surface area contributed by atoms with Crippen LogP contribution in [0.2, 0.25) is 0 Å². The summed E-state index contributed by atoms with van der Waals surface area (Å²) in [5.74, 6) is -0.847. The minimum Gasteiger partial charge on any atom is -0.458 e. The number of nitrogens with zero attached hydrogens (tertiary/aromatic N) is 3. The molecule has 0 radical (unpaired) electrons. The lowest BCUT2D eigenvalue weighted by Crippen LogP contribution is -2.47. The maximum atomic E-state index is 13.8. The highest BCUT2D eigenvalue weighted by Gasteiger charge is 2.53. The molecule has 0 aliphatic carbocycles. The van der Waals surface area contributed by atoms with Crippen LogP contribution in [0.5, 0.6) is 0 Å². The lowest BCUT2D eigenvalue weighted by molar-refractivity contribution is -0.171. The molecule has 2 aliphatic heterocycles. The second-order valence-corrected chi connectivity index (χ2v) is 12.3. The summed E-state index contributed by atoms with van der Waals surface area (Å²) < 4.78 is 38.8. The third kappa shape index (κ3) is 5.02. The number of rotatable bonds is 10. The molecule has 0 spiro atoms. The topological polar surface area (TPSA) is 129 Å². The number of para-hydroxylation sites is 1. The fraction of sp³-hybridized carbons (Fsp3) is 0.464. The summed E-state index contributed by atoms with van der Waals surface area (Å²) in [6.07, 6.45) is -0.546. The molecule has 214 valence electrons. The molecule has 2 aromatic heterocycles. The van der Waals surface area contributed by atoms with Crippen LogP contribution in [0, 0.1) is 0 Å². The van der Waals surface area contributed by atoms with Crippen LogP contribution in [0.4, 0.5) is 0 Å². The van der Waals surface area contributed by atoms with Crippen molar-refractivity contribution in [3.05, 3.63) is 63.4 Å². The van der Waals surface area contributed by atoms with Crippen molar-refractivity contribution in [2.75, 3.05) is 13.5 Å². The molecular weight excluding hydrogens is 537 g/mol. The average Bonchev–Trinajstić information content (AvgIpc) is 3.26. The van der Waals surface area contributed by atoms with Crippen molar-refractivity contribution in [1.29, 1.82) is 0 Å². The summed E-state index contributed by atoms with van der Waals surface area (Å²) in [5, 5.41) is 0.949. The van der Waals surface area contributed by atoms with Crippen LogP contribution in [-0.4, -0.2) is 50.8 Å². The number of hydrogen-bond donors (Lipinski definition) is 1. The van der Waals surface area contributed by atoms with Gasteiger partial charge in [0.05, 0.1) is 41.2 Å². The van der Waals surface area contributed by atoms with Crippen LogP contribution in [-0.2, 0) is 46.8 Å². The Balaban J connectivity index is 1.61. The maximum Gasteiger partial charge on any atom is 0.410 e. The highest BCUT2D eigenvalue weighted by atomic mass is 31.2. The number of benzene rings is 1. The van der Waals surface area contributed by atoms with E-state index in [0.717, 1.165) is 21.1 Å². The summed E-state index contributed by atoms with van der Waals surface area (Å²) in [5.41, 5.74) is 0.787. The van der Waals surface area contributed by atoms with Gasteiger partial charge < -0.3 is 23.7 Å². The first-order valence-corrected chi connectivity index (χ1v) is 14.9. The number of carbonyl (C=O) groups excluding carboxylic acids is 1. The van der Waals surface area contributed by atoms with Gasteiger partial charge in [0.2, 0.25) is 5.60 Å². The van der Waals surface area contributed by atoms with Crippen molar-refractivity contribution in [3.8, 4) is 11.4 Å². The molecule has 1 aromatic carbocycles. The third-order valence-electron chi connectivity index (χ3n) is 7.13. The van der Waals surface area contributed by atoms with E-state index in [1.165, 1.54) is 0 Å². The van der Waals surface area contributed by atoms with Crippen molar-refractivity contribution >= 4 is 24.6 Å². The van der Waals surface area contributed by atoms with Crippen molar-refractivity contribution in [2.45, 2.75) is 72.0 Å². The van der Waals surface area contributed by atoms with E-state index < -0.39 is 19.3 Å². The second kappa shape index (κ2) is 10.8. The van der Waals surface area contributed by atoms with Crippen LogP contribution >= 0.6 is 7.75 Å². The first-order chi connectivity index (χ1) is 19.0. The minimum atomic E-state index is -4.73. The Morgan fingerprint density at radius 3 is 2.45 bits per heavy atom. The molecule has 40 heavy (non-hydrogen) atoms. The molecule has 0 fully saturated rings. The SMILES string of the molecule is CC[C@@]1(OP(=O)(O)N(COC(C)C)COC(C)C)C(=O)OCc2c1cc1n(c2=O)Cc2cc3ccccc3nc2-1. The van der Waals surface area contributed by atoms with Gasteiger partial charge in [0.1, 0.15) is 20.1 Å². The van der Waals surface area contributed by atoms with Gasteiger partial charge >= 0.3 is 13.7 Å². The number of esters is 1. The second-order valence-electron chi connectivity index (χ2n) is 10.5. The largest absolute Gasteiger partial charge is 0.458 e. The van der Waals surface area contributed by atoms with E-state index in [9.17, 15) is 19.0 Å². The van der Waals surface area contributed by atoms with Gasteiger partial charge in [0.25, 0.3) is 5.56 Å². The van der Waals surface area contributed by atoms with Crippen molar-refractivity contribution in [3.63, 3.8) is 0 Å². The standard InChI is InChI=1S/C28H34N3O8P/c1-6-28(39-40(34,35)30(15-37-17(2)3)16-38-18(4)5)22-12-24-25-20(11-19-9-7-8-10-23(19)29-25)13-31(24)26(32)21(22)14-36-27(28)33/h7-12,17-18H,6,13-16H2,1-5H3,(H,34,35)/t28-/m0/s1. The molecular formula is C28H34N3O8P. The smallest absolute Gasteiger partial charge is 0.410 e. The number of pyridine rings is 2. The molecule has 11 nitrogen and oxygen atoms in total. The molecule has 1 unspecified atom stereocenters. The van der Waals surface area contributed by atoms with Crippen molar-refractivity contribution < 1.29 is 33.0 Å². The van der Waals surface area contributed by atoms with E-state index in [-0.39, 0.29) is 55.4 Å². The van der Waals surface area contributed by atoms with E-state index >= 15 is 0 Å². The van der Waals surface area contributed by atoms with Crippen LogP contribution in [0.25, 0.3) is 22.3 Å². The van der Waals surface area contributed by atoms with Gasteiger partial charge in [0.15, 0.2) is 0 Å². The average molecular weight is 572 g/mol. The Bertz CT molecular complexity index is 1560. The van der Waals surface area contributed by atoms with Crippen molar-refractivity contribution in [2.24, 2.45) is 0 Å². The van der Waals surface area contributed by atoms with Gasteiger partial charge in [-0.05, 0) is 52.3 Å². The number of hydrogen-bond acceptors (Lipinski definition) is 8. The fourth-order valence-electron chi connectivity index (χ4n) is 4.98. The van der Waals surface area contributed by atoms with Gasteiger partial charge in [-0.2, -0.15) is 4.67 Å². The van der Waals surface area contributed by atoms with Crippen LogP contribution in [0.3, 0.4) is 0 Å². The first kappa shape index (κ1) is 28.6. The molecule has 12 heteroatoms. The van der Waals surface area contributed by atoms with Gasteiger partial charge in [-0.3, -0.25) is 9.32 Å². The Labute approximate surface area is 232 Å². The number of cyclic esters (lactones) is 1. The number of carbonyl (C=O) groups is 1. The monoisotopic (exact) mass is 571 g/mol. The van der Waals surface area contributed by atoms with E-state index in [2.05, 4.69) is 0 Å². The van der Waals surface area contributed by atoms with Crippen LogP contribution in [0.1, 0.15) is 57.7 Å². The van der Waals surface area contributed by atoms with Crippen LogP contribution < -0.4 is 5.56 Å². The summed E-state index contributed by atoms with van der Waals surface area (Å²) in [4.78, 5) is 43.2. The Morgan fingerprint density at radius 1 is 1.12 bits per heavy atom. The molecule has 0 amide bonds. The minimum absolute atomic E-state index is 0.0613. The summed E-state index contributed by atoms with van der Waals surface area (Å²) in [6, 6.07) is 11.3. The number of ether oxygens (including phenoxy) is 3. The highest BCUT2D eigenvalue weighted by Crippen LogP contribution is 2.55. The molecule has 0 bridgehead atoms. The molecule has 3 aromatic rings. The number of aromatic nitrogens is 2. The lowest BCUT2D eigenvalue weighted by atomic mass is 9.86. The highest BCUT2D eigenvalue weighted by molar-refractivity contribution is 7.50. The summed E-state index contributed by atoms with van der Waals surface area (Å²) in [6.45, 7) is 8.27. The molecule has 2 atom stereocenters. The Kier molecular flexibility index (Phi) is 7.73. The predicted octanol–water partition coefficient (Wildman–Crippen LogP) is 4.27. The van der Waals surface area contributed by atoms with E-state index in [0.29, 0.717) is 17.9 Å². The maximum absolute atomic E-state index is 13.8. The van der Waals surface area contributed by atoms with Gasteiger partial charge in [-0.15, -0.1) is 0 Å².